The zero-order chi connectivity index (χ0) is 20.4. The second-order valence-corrected chi connectivity index (χ2v) is 7.74. The van der Waals surface area contributed by atoms with Crippen molar-refractivity contribution in [2.24, 2.45) is 11.8 Å². The molecule has 0 amide bonds. The molecule has 2 aliphatic heterocycles. The molecule has 0 spiro atoms. The van der Waals surface area contributed by atoms with Crippen LogP contribution in [0.4, 0.5) is 18.9 Å². The van der Waals surface area contributed by atoms with Crippen LogP contribution in [0.3, 0.4) is 0 Å². The molecule has 2 fully saturated rings. The highest BCUT2D eigenvalue weighted by atomic mass is 19.4. The predicted octanol–water partition coefficient (Wildman–Crippen LogP) is 2.46. The molecule has 0 saturated carbocycles. The third kappa shape index (κ3) is 4.14. The molecule has 0 aliphatic carbocycles. The van der Waals surface area contributed by atoms with E-state index in [4.69, 9.17) is 0 Å². The number of benzene rings is 1. The molecule has 0 radical (unpaired) electrons. The first-order valence-electron chi connectivity index (χ1n) is 9.87. The predicted molar refractivity (Wildman–Crippen MR) is 103 cm³/mol. The molecule has 154 valence electrons. The fraction of sp³-hybridized carbons (Fsp3) is 0.550. The van der Waals surface area contributed by atoms with E-state index in [9.17, 15) is 18.4 Å². The molecular weight excluding hydrogens is 381 g/mol. The van der Waals surface area contributed by atoms with Gasteiger partial charge < -0.3 is 15.5 Å². The maximum atomic E-state index is 13.8. The number of alkyl halides is 3. The van der Waals surface area contributed by atoms with Crippen LogP contribution in [0.15, 0.2) is 24.5 Å². The Morgan fingerprint density at radius 1 is 1.14 bits per heavy atom. The number of nitrogens with zero attached hydrogens (tertiary/aromatic N) is 4. The molecule has 1 aromatic heterocycles. The van der Waals surface area contributed by atoms with Gasteiger partial charge in [0.1, 0.15) is 17.1 Å². The van der Waals surface area contributed by atoms with Crippen molar-refractivity contribution in [3.05, 3.63) is 30.1 Å². The second-order valence-electron chi connectivity index (χ2n) is 7.74. The number of nitrogens with one attached hydrogen (secondary N) is 2. The minimum Gasteiger partial charge on any atom is -0.369 e. The van der Waals surface area contributed by atoms with Gasteiger partial charge in [-0.3, -0.25) is 9.97 Å². The van der Waals surface area contributed by atoms with Crippen molar-refractivity contribution in [3.8, 4) is 6.07 Å². The Kier molecular flexibility index (Phi) is 5.56. The first kappa shape index (κ1) is 19.9. The number of anilines is 1. The number of hydrogen-bond acceptors (Lipinski definition) is 6. The topological polar surface area (TPSA) is 76.9 Å². The molecule has 3 heterocycles. The Balaban J connectivity index is 1.57. The lowest BCUT2D eigenvalue weighted by Gasteiger charge is -2.27. The van der Waals surface area contributed by atoms with Gasteiger partial charge in [0.15, 0.2) is 0 Å². The summed E-state index contributed by atoms with van der Waals surface area (Å²) in [5, 5.41) is 15.9. The Bertz CT molecular complexity index is 903. The smallest absolute Gasteiger partial charge is 0.369 e. The highest BCUT2D eigenvalue weighted by Crippen LogP contribution is 2.40. The minimum absolute atomic E-state index is 0.111. The van der Waals surface area contributed by atoms with Crippen LogP contribution < -0.4 is 15.5 Å². The van der Waals surface area contributed by atoms with Crippen LogP contribution in [0.5, 0.6) is 0 Å². The van der Waals surface area contributed by atoms with E-state index in [1.807, 2.05) is 0 Å². The fourth-order valence-corrected chi connectivity index (χ4v) is 4.38. The molecular formula is C20H23F3N6. The Morgan fingerprint density at radius 2 is 1.86 bits per heavy atom. The van der Waals surface area contributed by atoms with Gasteiger partial charge in [0.25, 0.3) is 0 Å². The number of halogens is 3. The summed E-state index contributed by atoms with van der Waals surface area (Å²) in [6, 6.07) is 5.63. The average Bonchev–Trinajstić information content (AvgIpc) is 3.17. The molecule has 29 heavy (non-hydrogen) atoms. The van der Waals surface area contributed by atoms with E-state index in [2.05, 4.69) is 26.7 Å². The summed E-state index contributed by atoms with van der Waals surface area (Å²) in [5.41, 5.74) is 1.87. The number of hydrogen-bond donors (Lipinski definition) is 2. The lowest BCUT2D eigenvalue weighted by Crippen LogP contribution is -2.44. The monoisotopic (exact) mass is 404 g/mol. The van der Waals surface area contributed by atoms with Gasteiger partial charge in [0.2, 0.25) is 0 Å². The molecule has 4 rings (SSSR count). The molecule has 2 aromatic rings. The van der Waals surface area contributed by atoms with Gasteiger partial charge in [-0.2, -0.15) is 18.4 Å². The van der Waals surface area contributed by atoms with Gasteiger partial charge in [0, 0.05) is 44.0 Å². The Labute approximate surface area is 167 Å². The fourth-order valence-electron chi connectivity index (χ4n) is 4.38. The Hall–Kier alpha value is -2.44. The highest BCUT2D eigenvalue weighted by Gasteiger charge is 2.49. The first-order chi connectivity index (χ1) is 14.0. The molecule has 2 aliphatic rings. The van der Waals surface area contributed by atoms with Gasteiger partial charge >= 0.3 is 6.18 Å². The molecule has 2 atom stereocenters. The van der Waals surface area contributed by atoms with Gasteiger partial charge in [-0.1, -0.05) is 0 Å². The summed E-state index contributed by atoms with van der Waals surface area (Å²) < 4.78 is 41.3. The van der Waals surface area contributed by atoms with Crippen LogP contribution in [0.1, 0.15) is 18.4 Å². The number of piperidine rings is 1. The van der Waals surface area contributed by atoms with Gasteiger partial charge in [0.05, 0.1) is 17.2 Å². The number of fused-ring (bicyclic) bond motifs is 1. The molecule has 6 nitrogen and oxygen atoms in total. The first-order valence-corrected chi connectivity index (χ1v) is 9.87. The zero-order valence-corrected chi connectivity index (χ0v) is 15.9. The van der Waals surface area contributed by atoms with Gasteiger partial charge in [-0.05, 0) is 38.1 Å². The Morgan fingerprint density at radius 3 is 2.55 bits per heavy atom. The average molecular weight is 404 g/mol. The lowest BCUT2D eigenvalue weighted by molar-refractivity contribution is -0.178. The summed E-state index contributed by atoms with van der Waals surface area (Å²) in [6.07, 6.45) is 0.594. The van der Waals surface area contributed by atoms with Crippen LogP contribution in [-0.2, 0) is 0 Å². The molecule has 0 bridgehead atoms. The second kappa shape index (κ2) is 8.13. The molecule has 0 unspecified atom stereocenters. The largest absolute Gasteiger partial charge is 0.393 e. The summed E-state index contributed by atoms with van der Waals surface area (Å²) in [7, 11) is 0. The number of rotatable bonds is 4. The molecule has 2 saturated heterocycles. The minimum atomic E-state index is -4.26. The van der Waals surface area contributed by atoms with Crippen molar-refractivity contribution in [3.63, 3.8) is 0 Å². The molecule has 2 N–H and O–H groups in total. The van der Waals surface area contributed by atoms with E-state index < -0.39 is 18.0 Å². The van der Waals surface area contributed by atoms with Gasteiger partial charge in [-0.15, -0.1) is 0 Å². The number of aromatic nitrogens is 2. The van der Waals surface area contributed by atoms with Crippen molar-refractivity contribution >= 4 is 16.7 Å². The zero-order valence-electron chi connectivity index (χ0n) is 15.9. The van der Waals surface area contributed by atoms with Crippen molar-refractivity contribution in [1.82, 2.24) is 20.6 Å². The van der Waals surface area contributed by atoms with Crippen LogP contribution in [0, 0.1) is 23.2 Å². The molecule has 1 aromatic carbocycles. The SMILES string of the molecule is N#Cc1ccc(N2C[C@H](CNC3CCNCC3)[C@@H](C(F)(F)F)C2)c2nccnc12. The maximum absolute atomic E-state index is 13.8. The van der Waals surface area contributed by atoms with E-state index in [1.165, 1.54) is 12.4 Å². The van der Waals surface area contributed by atoms with Crippen LogP contribution in [0.2, 0.25) is 0 Å². The normalized spacial score (nSPS) is 23.4. The summed E-state index contributed by atoms with van der Waals surface area (Å²) in [5.74, 6) is -1.94. The van der Waals surface area contributed by atoms with Gasteiger partial charge in [-0.25, -0.2) is 0 Å². The van der Waals surface area contributed by atoms with Crippen LogP contribution >= 0.6 is 0 Å². The van der Waals surface area contributed by atoms with Crippen molar-refractivity contribution in [2.45, 2.75) is 25.1 Å². The third-order valence-corrected chi connectivity index (χ3v) is 5.93. The summed E-state index contributed by atoms with van der Waals surface area (Å²) >= 11 is 0. The van der Waals surface area contributed by atoms with Crippen molar-refractivity contribution in [2.75, 3.05) is 37.6 Å². The standard InChI is InChI=1S/C20H23F3N6/c21-20(22,23)16-12-29(11-14(16)10-28-15-3-5-25-6-4-15)17-2-1-13(9-24)18-19(17)27-8-7-26-18/h1-2,7-8,14-16,25,28H,3-6,10-12H2/t14-,16-/m0/s1. The highest BCUT2D eigenvalue weighted by molar-refractivity contribution is 5.92. The van der Waals surface area contributed by atoms with E-state index in [0.717, 1.165) is 25.9 Å². The lowest BCUT2D eigenvalue weighted by atomic mass is 9.94. The maximum Gasteiger partial charge on any atom is 0.393 e. The van der Waals surface area contributed by atoms with Crippen molar-refractivity contribution in [1.29, 1.82) is 5.26 Å². The van der Waals surface area contributed by atoms with Crippen LogP contribution in [0.25, 0.3) is 11.0 Å². The van der Waals surface area contributed by atoms with E-state index in [-0.39, 0.29) is 12.6 Å². The number of nitriles is 1. The summed E-state index contributed by atoms with van der Waals surface area (Å²) in [4.78, 5) is 10.3. The molecule has 9 heteroatoms. The van der Waals surface area contributed by atoms with Crippen molar-refractivity contribution < 1.29 is 13.2 Å². The third-order valence-electron chi connectivity index (χ3n) is 5.93. The van der Waals surface area contributed by atoms with E-state index in [1.54, 1.807) is 17.0 Å². The van der Waals surface area contributed by atoms with E-state index >= 15 is 0 Å². The van der Waals surface area contributed by atoms with Crippen LogP contribution in [-0.4, -0.2) is 54.9 Å². The quantitative estimate of drug-likeness (QED) is 0.815. The van der Waals surface area contributed by atoms with E-state index in [0.29, 0.717) is 35.4 Å². The summed E-state index contributed by atoms with van der Waals surface area (Å²) in [6.45, 7) is 2.31.